The summed E-state index contributed by atoms with van der Waals surface area (Å²) in [5.41, 5.74) is 6.15. The van der Waals surface area contributed by atoms with E-state index in [0.717, 1.165) is 5.56 Å². The zero-order chi connectivity index (χ0) is 8.39. The SMILES string of the molecule is N.Nc1nnc(-c2ccccc2)o1. The van der Waals surface area contributed by atoms with Gasteiger partial charge < -0.3 is 16.3 Å². The van der Waals surface area contributed by atoms with E-state index < -0.39 is 0 Å². The van der Waals surface area contributed by atoms with E-state index in [1.54, 1.807) is 0 Å². The Morgan fingerprint density at radius 1 is 1.08 bits per heavy atom. The van der Waals surface area contributed by atoms with Crippen LogP contribution < -0.4 is 11.9 Å². The lowest BCUT2D eigenvalue weighted by Crippen LogP contribution is -1.81. The van der Waals surface area contributed by atoms with E-state index in [4.69, 9.17) is 10.2 Å². The molecule has 1 aromatic heterocycles. The summed E-state index contributed by atoms with van der Waals surface area (Å²) in [5.74, 6) is 0.452. The van der Waals surface area contributed by atoms with E-state index in [1.165, 1.54) is 0 Å². The van der Waals surface area contributed by atoms with Crippen molar-refractivity contribution in [2.75, 3.05) is 5.73 Å². The number of anilines is 1. The van der Waals surface area contributed by atoms with E-state index in [0.29, 0.717) is 5.89 Å². The minimum absolute atomic E-state index is 0. The maximum absolute atomic E-state index is 5.28. The molecule has 0 fully saturated rings. The molecular formula is C8H10N4O. The monoisotopic (exact) mass is 178 g/mol. The van der Waals surface area contributed by atoms with Crippen LogP contribution in [0.2, 0.25) is 0 Å². The lowest BCUT2D eigenvalue weighted by atomic mass is 10.2. The highest BCUT2D eigenvalue weighted by Gasteiger charge is 2.03. The quantitative estimate of drug-likeness (QED) is 0.688. The molecular weight excluding hydrogens is 168 g/mol. The molecule has 5 N–H and O–H groups in total. The summed E-state index contributed by atoms with van der Waals surface area (Å²) in [6, 6.07) is 9.57. The highest BCUT2D eigenvalue weighted by Crippen LogP contribution is 2.16. The highest BCUT2D eigenvalue weighted by molar-refractivity contribution is 5.52. The Morgan fingerprint density at radius 3 is 2.31 bits per heavy atom. The van der Waals surface area contributed by atoms with E-state index >= 15 is 0 Å². The molecule has 0 unspecified atom stereocenters. The van der Waals surface area contributed by atoms with Crippen molar-refractivity contribution >= 4 is 6.01 Å². The number of aromatic nitrogens is 2. The molecule has 2 rings (SSSR count). The molecule has 0 spiro atoms. The molecule has 0 amide bonds. The maximum atomic E-state index is 5.28. The van der Waals surface area contributed by atoms with Crippen LogP contribution in [0.5, 0.6) is 0 Å². The molecule has 0 aliphatic rings. The molecule has 1 heterocycles. The molecule has 0 aliphatic heterocycles. The van der Waals surface area contributed by atoms with Gasteiger partial charge in [-0.3, -0.25) is 0 Å². The van der Waals surface area contributed by atoms with Gasteiger partial charge in [0.05, 0.1) is 0 Å². The van der Waals surface area contributed by atoms with Crippen molar-refractivity contribution in [3.05, 3.63) is 30.3 Å². The van der Waals surface area contributed by atoms with Gasteiger partial charge in [0.25, 0.3) is 0 Å². The molecule has 0 saturated heterocycles. The molecule has 13 heavy (non-hydrogen) atoms. The highest BCUT2D eigenvalue weighted by atomic mass is 16.4. The molecule has 0 bridgehead atoms. The summed E-state index contributed by atoms with van der Waals surface area (Å²) in [7, 11) is 0. The molecule has 5 nitrogen and oxygen atoms in total. The lowest BCUT2D eigenvalue weighted by molar-refractivity contribution is 0.590. The largest absolute Gasteiger partial charge is 0.404 e. The van der Waals surface area contributed by atoms with Crippen LogP contribution in [0.3, 0.4) is 0 Å². The second-order valence-electron chi connectivity index (χ2n) is 2.31. The van der Waals surface area contributed by atoms with Gasteiger partial charge in [0, 0.05) is 5.56 Å². The second kappa shape index (κ2) is 3.68. The van der Waals surface area contributed by atoms with Crippen molar-refractivity contribution in [3.63, 3.8) is 0 Å². The third-order valence-electron chi connectivity index (χ3n) is 1.46. The first-order valence-corrected chi connectivity index (χ1v) is 3.50. The summed E-state index contributed by atoms with van der Waals surface area (Å²) >= 11 is 0. The molecule has 0 aliphatic carbocycles. The van der Waals surface area contributed by atoms with Crippen LogP contribution in [0.1, 0.15) is 0 Å². The maximum Gasteiger partial charge on any atom is 0.313 e. The fourth-order valence-corrected chi connectivity index (χ4v) is 0.932. The Hall–Kier alpha value is -1.88. The third kappa shape index (κ3) is 1.83. The van der Waals surface area contributed by atoms with Gasteiger partial charge in [-0.05, 0) is 12.1 Å². The summed E-state index contributed by atoms with van der Waals surface area (Å²) in [6.07, 6.45) is 0. The Balaban J connectivity index is 0.000000845. The van der Waals surface area contributed by atoms with E-state index in [1.807, 2.05) is 30.3 Å². The first-order chi connectivity index (χ1) is 5.86. The Kier molecular flexibility index (Phi) is 2.61. The zero-order valence-electron chi connectivity index (χ0n) is 6.97. The van der Waals surface area contributed by atoms with Crippen molar-refractivity contribution < 1.29 is 4.42 Å². The smallest absolute Gasteiger partial charge is 0.313 e. The Morgan fingerprint density at radius 2 is 1.77 bits per heavy atom. The van der Waals surface area contributed by atoms with Gasteiger partial charge >= 0.3 is 6.01 Å². The number of benzene rings is 1. The summed E-state index contributed by atoms with van der Waals surface area (Å²) in [6.45, 7) is 0. The van der Waals surface area contributed by atoms with Crippen molar-refractivity contribution in [1.29, 1.82) is 0 Å². The molecule has 1 aromatic carbocycles. The summed E-state index contributed by atoms with van der Waals surface area (Å²) in [5, 5.41) is 7.30. The van der Waals surface area contributed by atoms with Crippen LogP contribution in [0.4, 0.5) is 6.01 Å². The topological polar surface area (TPSA) is 99.9 Å². The van der Waals surface area contributed by atoms with E-state index in [2.05, 4.69) is 10.2 Å². The molecule has 2 aromatic rings. The molecule has 5 heteroatoms. The van der Waals surface area contributed by atoms with Crippen LogP contribution in [0.25, 0.3) is 11.5 Å². The molecule has 0 saturated carbocycles. The molecule has 68 valence electrons. The predicted molar refractivity (Wildman–Crippen MR) is 49.2 cm³/mol. The average Bonchev–Trinajstić information content (AvgIpc) is 2.54. The van der Waals surface area contributed by atoms with Gasteiger partial charge in [0.1, 0.15) is 0 Å². The van der Waals surface area contributed by atoms with E-state index in [9.17, 15) is 0 Å². The minimum Gasteiger partial charge on any atom is -0.404 e. The van der Waals surface area contributed by atoms with Gasteiger partial charge in [0.2, 0.25) is 5.89 Å². The number of nitrogens with zero attached hydrogens (tertiary/aromatic N) is 2. The van der Waals surface area contributed by atoms with Crippen molar-refractivity contribution in [1.82, 2.24) is 16.3 Å². The van der Waals surface area contributed by atoms with Crippen LogP contribution in [-0.4, -0.2) is 10.2 Å². The second-order valence-corrected chi connectivity index (χ2v) is 2.31. The number of nitrogen functional groups attached to an aromatic ring is 1. The first kappa shape index (κ1) is 9.21. The van der Waals surface area contributed by atoms with Crippen molar-refractivity contribution in [2.45, 2.75) is 0 Å². The Labute approximate surface area is 75.2 Å². The number of hydrogen-bond acceptors (Lipinski definition) is 5. The fraction of sp³-hybridized carbons (Fsp3) is 0. The first-order valence-electron chi connectivity index (χ1n) is 3.50. The van der Waals surface area contributed by atoms with Gasteiger partial charge in [-0.25, -0.2) is 0 Å². The average molecular weight is 178 g/mol. The zero-order valence-corrected chi connectivity index (χ0v) is 6.97. The molecule has 0 atom stereocenters. The van der Waals surface area contributed by atoms with Gasteiger partial charge in [-0.2, -0.15) is 0 Å². The minimum atomic E-state index is 0. The number of rotatable bonds is 1. The fourth-order valence-electron chi connectivity index (χ4n) is 0.932. The molecule has 0 radical (unpaired) electrons. The van der Waals surface area contributed by atoms with Crippen molar-refractivity contribution in [2.24, 2.45) is 0 Å². The van der Waals surface area contributed by atoms with E-state index in [-0.39, 0.29) is 12.2 Å². The van der Waals surface area contributed by atoms with Gasteiger partial charge in [0.15, 0.2) is 0 Å². The van der Waals surface area contributed by atoms with Crippen LogP contribution in [0, 0.1) is 0 Å². The summed E-state index contributed by atoms with van der Waals surface area (Å²) in [4.78, 5) is 0. The van der Waals surface area contributed by atoms with Gasteiger partial charge in [-0.1, -0.05) is 23.3 Å². The number of nitrogens with two attached hydrogens (primary N) is 1. The summed E-state index contributed by atoms with van der Waals surface area (Å²) < 4.78 is 5.03. The van der Waals surface area contributed by atoms with Gasteiger partial charge in [-0.15, -0.1) is 5.10 Å². The standard InChI is InChI=1S/C8H7N3O.H3N/c9-8-11-10-7(12-8)6-4-2-1-3-5-6;/h1-5H,(H2,9,11);1H3. The van der Waals surface area contributed by atoms with Crippen LogP contribution >= 0.6 is 0 Å². The predicted octanol–water partition coefficient (Wildman–Crippen LogP) is 1.48. The van der Waals surface area contributed by atoms with Crippen LogP contribution in [-0.2, 0) is 0 Å². The van der Waals surface area contributed by atoms with Crippen LogP contribution in [0.15, 0.2) is 34.7 Å². The normalized spacial score (nSPS) is 9.23. The third-order valence-corrected chi connectivity index (χ3v) is 1.46. The van der Waals surface area contributed by atoms with Crippen molar-refractivity contribution in [3.8, 4) is 11.5 Å². The Bertz CT molecular complexity index is 371. The lowest BCUT2D eigenvalue weighted by Gasteiger charge is -1.90. The number of hydrogen-bond donors (Lipinski definition) is 2.